The number of likely N-dealkylation sites (N-methyl/N-ethyl adjacent to an activating group) is 1. The Labute approximate surface area is 105 Å². The molecule has 0 amide bonds. The molecular formula is C15H25NO. The molecule has 0 saturated heterocycles. The first-order valence-corrected chi connectivity index (χ1v) is 6.33. The van der Waals surface area contributed by atoms with Gasteiger partial charge in [0.05, 0.1) is 7.11 Å². The summed E-state index contributed by atoms with van der Waals surface area (Å²) in [7, 11) is 1.71. The number of rotatable bonds is 5. The van der Waals surface area contributed by atoms with Crippen LogP contribution in [0.15, 0.2) is 24.3 Å². The molecule has 1 aromatic rings. The quantitative estimate of drug-likeness (QED) is 0.846. The fourth-order valence-electron chi connectivity index (χ4n) is 1.97. The van der Waals surface area contributed by atoms with Crippen LogP contribution in [0.3, 0.4) is 0 Å². The van der Waals surface area contributed by atoms with E-state index in [1.54, 1.807) is 7.11 Å². The average Bonchev–Trinajstić information content (AvgIpc) is 2.27. The highest BCUT2D eigenvalue weighted by atomic mass is 16.5. The molecule has 0 aliphatic rings. The van der Waals surface area contributed by atoms with E-state index in [-0.39, 0.29) is 5.41 Å². The van der Waals surface area contributed by atoms with Crippen molar-refractivity contribution in [1.82, 2.24) is 5.32 Å². The smallest absolute Gasteiger partial charge is 0.119 e. The summed E-state index contributed by atoms with van der Waals surface area (Å²) in [6, 6.07) is 8.82. The molecule has 0 saturated carbocycles. The Bertz CT molecular complexity index is 341. The lowest BCUT2D eigenvalue weighted by Gasteiger charge is -2.31. The zero-order valence-corrected chi connectivity index (χ0v) is 11.7. The van der Waals surface area contributed by atoms with Crippen molar-refractivity contribution in [3.8, 4) is 5.75 Å². The fraction of sp³-hybridized carbons (Fsp3) is 0.600. The maximum atomic E-state index is 5.26. The molecule has 0 bridgehead atoms. The summed E-state index contributed by atoms with van der Waals surface area (Å²) in [6.07, 6.45) is 1.04. The minimum absolute atomic E-state index is 0.263. The number of hydrogen-bond acceptors (Lipinski definition) is 2. The zero-order chi connectivity index (χ0) is 12.9. The highest BCUT2D eigenvalue weighted by molar-refractivity contribution is 5.29. The van der Waals surface area contributed by atoms with E-state index in [1.165, 1.54) is 5.56 Å². The van der Waals surface area contributed by atoms with Crippen molar-refractivity contribution in [1.29, 1.82) is 0 Å². The van der Waals surface area contributed by atoms with Crippen molar-refractivity contribution in [3.05, 3.63) is 29.8 Å². The van der Waals surface area contributed by atoms with Crippen LogP contribution < -0.4 is 10.1 Å². The lowest BCUT2D eigenvalue weighted by Crippen LogP contribution is -2.41. The van der Waals surface area contributed by atoms with Crippen LogP contribution in [0.5, 0.6) is 5.75 Å². The molecule has 0 spiro atoms. The summed E-state index contributed by atoms with van der Waals surface area (Å²) in [5, 5.41) is 3.57. The maximum absolute atomic E-state index is 5.26. The molecule has 17 heavy (non-hydrogen) atoms. The van der Waals surface area contributed by atoms with Crippen LogP contribution in [0, 0.1) is 5.41 Å². The molecule has 1 N–H and O–H groups in total. The van der Waals surface area contributed by atoms with Gasteiger partial charge >= 0.3 is 0 Å². The normalized spacial score (nSPS) is 13.5. The van der Waals surface area contributed by atoms with Gasteiger partial charge in [-0.15, -0.1) is 0 Å². The molecule has 2 nitrogen and oxygen atoms in total. The average molecular weight is 235 g/mol. The molecule has 96 valence electrons. The summed E-state index contributed by atoms with van der Waals surface area (Å²) < 4.78 is 5.26. The van der Waals surface area contributed by atoms with Gasteiger partial charge in [-0.05, 0) is 36.1 Å². The summed E-state index contributed by atoms with van der Waals surface area (Å²) in [4.78, 5) is 0. The third-order valence-corrected chi connectivity index (χ3v) is 3.07. The molecule has 0 aliphatic carbocycles. The van der Waals surface area contributed by atoms with Crippen LogP contribution in [0.25, 0.3) is 0 Å². The van der Waals surface area contributed by atoms with Crippen molar-refractivity contribution in [3.63, 3.8) is 0 Å². The van der Waals surface area contributed by atoms with Gasteiger partial charge in [0, 0.05) is 6.04 Å². The van der Waals surface area contributed by atoms with Crippen LogP contribution in [0.4, 0.5) is 0 Å². The van der Waals surface area contributed by atoms with Crippen molar-refractivity contribution >= 4 is 0 Å². The molecule has 1 unspecified atom stereocenters. The predicted octanol–water partition coefficient (Wildman–Crippen LogP) is 3.26. The summed E-state index contributed by atoms with van der Waals surface area (Å²) in [6.45, 7) is 10.00. The molecule has 2 heteroatoms. The Kier molecular flexibility index (Phi) is 5.01. The maximum Gasteiger partial charge on any atom is 0.119 e. The minimum atomic E-state index is 0.263. The number of methoxy groups -OCH3 is 1. The number of hydrogen-bond donors (Lipinski definition) is 1. The highest BCUT2D eigenvalue weighted by Gasteiger charge is 2.23. The van der Waals surface area contributed by atoms with Gasteiger partial charge in [-0.1, -0.05) is 39.8 Å². The van der Waals surface area contributed by atoms with Gasteiger partial charge in [-0.2, -0.15) is 0 Å². The summed E-state index contributed by atoms with van der Waals surface area (Å²) in [5.74, 6) is 0.937. The molecule has 1 aromatic carbocycles. The molecular weight excluding hydrogens is 210 g/mol. The van der Waals surface area contributed by atoms with Crippen molar-refractivity contribution in [2.45, 2.75) is 40.2 Å². The first kappa shape index (κ1) is 14.0. The molecule has 0 aliphatic heterocycles. The third kappa shape index (κ3) is 4.39. The second-order valence-corrected chi connectivity index (χ2v) is 5.53. The minimum Gasteiger partial charge on any atom is -0.497 e. The molecule has 1 atom stereocenters. The van der Waals surface area contributed by atoms with Crippen LogP contribution in [-0.4, -0.2) is 19.7 Å². The van der Waals surface area contributed by atoms with Gasteiger partial charge in [-0.3, -0.25) is 0 Å². The third-order valence-electron chi connectivity index (χ3n) is 3.07. The number of benzene rings is 1. The monoisotopic (exact) mass is 235 g/mol. The SMILES string of the molecule is CCNC(Cc1cccc(OC)c1)C(C)(C)C. The second kappa shape index (κ2) is 6.06. The van der Waals surface area contributed by atoms with E-state index in [0.29, 0.717) is 6.04 Å². The Morgan fingerprint density at radius 3 is 2.53 bits per heavy atom. The van der Waals surface area contributed by atoms with Gasteiger partial charge in [0.25, 0.3) is 0 Å². The molecule has 0 radical (unpaired) electrons. The second-order valence-electron chi connectivity index (χ2n) is 5.53. The molecule has 0 aromatic heterocycles. The van der Waals surface area contributed by atoms with Gasteiger partial charge in [-0.25, -0.2) is 0 Å². The van der Waals surface area contributed by atoms with E-state index in [9.17, 15) is 0 Å². The zero-order valence-electron chi connectivity index (χ0n) is 11.7. The van der Waals surface area contributed by atoms with E-state index < -0.39 is 0 Å². The summed E-state index contributed by atoms with van der Waals surface area (Å²) in [5.41, 5.74) is 1.59. The lowest BCUT2D eigenvalue weighted by molar-refractivity contribution is 0.270. The van der Waals surface area contributed by atoms with E-state index in [0.717, 1.165) is 18.7 Å². The Hall–Kier alpha value is -1.02. The highest BCUT2D eigenvalue weighted by Crippen LogP contribution is 2.24. The van der Waals surface area contributed by atoms with Gasteiger partial charge in [0.15, 0.2) is 0 Å². The predicted molar refractivity (Wildman–Crippen MR) is 73.6 cm³/mol. The van der Waals surface area contributed by atoms with Crippen molar-refractivity contribution in [2.75, 3.05) is 13.7 Å². The van der Waals surface area contributed by atoms with E-state index in [4.69, 9.17) is 4.74 Å². The summed E-state index contributed by atoms with van der Waals surface area (Å²) >= 11 is 0. The van der Waals surface area contributed by atoms with E-state index >= 15 is 0 Å². The van der Waals surface area contributed by atoms with E-state index in [1.807, 2.05) is 6.07 Å². The largest absolute Gasteiger partial charge is 0.497 e. The van der Waals surface area contributed by atoms with Gasteiger partial charge < -0.3 is 10.1 Å². The van der Waals surface area contributed by atoms with Crippen LogP contribution >= 0.6 is 0 Å². The van der Waals surface area contributed by atoms with Crippen molar-refractivity contribution < 1.29 is 4.74 Å². The lowest BCUT2D eigenvalue weighted by atomic mass is 9.83. The van der Waals surface area contributed by atoms with Crippen LogP contribution in [0.1, 0.15) is 33.3 Å². The number of ether oxygens (including phenoxy) is 1. The number of nitrogens with one attached hydrogen (secondary N) is 1. The van der Waals surface area contributed by atoms with Gasteiger partial charge in [0.1, 0.15) is 5.75 Å². The van der Waals surface area contributed by atoms with Crippen LogP contribution in [-0.2, 0) is 6.42 Å². The Morgan fingerprint density at radius 2 is 2.00 bits per heavy atom. The molecule has 1 rings (SSSR count). The Balaban J connectivity index is 2.78. The molecule has 0 fully saturated rings. The van der Waals surface area contributed by atoms with Crippen molar-refractivity contribution in [2.24, 2.45) is 5.41 Å². The van der Waals surface area contributed by atoms with Gasteiger partial charge in [0.2, 0.25) is 0 Å². The standard InChI is InChI=1S/C15H25NO/c1-6-16-14(15(2,3)4)11-12-8-7-9-13(10-12)17-5/h7-10,14,16H,6,11H2,1-5H3. The Morgan fingerprint density at radius 1 is 1.29 bits per heavy atom. The fourth-order valence-corrected chi connectivity index (χ4v) is 1.97. The van der Waals surface area contributed by atoms with Crippen LogP contribution in [0.2, 0.25) is 0 Å². The first-order chi connectivity index (χ1) is 7.97. The topological polar surface area (TPSA) is 21.3 Å². The first-order valence-electron chi connectivity index (χ1n) is 6.33. The molecule has 0 heterocycles. The van der Waals surface area contributed by atoms with E-state index in [2.05, 4.69) is 51.2 Å².